The molecule has 0 radical (unpaired) electrons. The van der Waals surface area contributed by atoms with E-state index in [1.165, 1.54) is 0 Å². The first-order valence-electron chi connectivity index (χ1n) is 5.37. The third kappa shape index (κ3) is 1.41. The predicted octanol–water partition coefficient (Wildman–Crippen LogP) is 3.41. The zero-order valence-electron chi connectivity index (χ0n) is 8.66. The Labute approximate surface area is 98.3 Å². The first-order valence-corrected chi connectivity index (χ1v) is 5.75. The zero-order chi connectivity index (χ0) is 11.1. The lowest BCUT2D eigenvalue weighted by atomic mass is 9.94. The van der Waals surface area contributed by atoms with Crippen LogP contribution < -0.4 is 0 Å². The minimum atomic E-state index is 0.156. The Hall–Kier alpha value is -1.41. The molecule has 0 fully saturated rings. The standard InChI is InChI=1S/C13H10ClNO/c14-10-4-2-5-11-9(10)7-8-3-1-6-12(16)13(8)15-11/h2,4-5,7H,1,3,6H2. The third-order valence-electron chi connectivity index (χ3n) is 3.00. The Balaban J connectivity index is 2.34. The van der Waals surface area contributed by atoms with Crippen molar-refractivity contribution in [3.63, 3.8) is 0 Å². The van der Waals surface area contributed by atoms with Crippen molar-refractivity contribution in [1.29, 1.82) is 0 Å². The first kappa shape index (κ1) is 9.79. The molecule has 1 aromatic carbocycles. The second-order valence-electron chi connectivity index (χ2n) is 4.08. The molecule has 0 saturated carbocycles. The lowest BCUT2D eigenvalue weighted by Crippen LogP contribution is -2.13. The number of carbonyl (C=O) groups excluding carboxylic acids is 1. The van der Waals surface area contributed by atoms with Gasteiger partial charge in [0.1, 0.15) is 5.69 Å². The van der Waals surface area contributed by atoms with E-state index >= 15 is 0 Å². The highest BCUT2D eigenvalue weighted by Crippen LogP contribution is 2.27. The maximum absolute atomic E-state index is 11.7. The molecule has 80 valence electrons. The molecule has 0 unspecified atom stereocenters. The fraction of sp³-hybridized carbons (Fsp3) is 0.231. The number of benzene rings is 1. The van der Waals surface area contributed by atoms with Crippen molar-refractivity contribution in [2.75, 3.05) is 0 Å². The molecule has 3 heteroatoms. The van der Waals surface area contributed by atoms with Gasteiger partial charge in [-0.1, -0.05) is 17.7 Å². The number of pyridine rings is 1. The summed E-state index contributed by atoms with van der Waals surface area (Å²) in [5.74, 6) is 0.156. The van der Waals surface area contributed by atoms with Crippen LogP contribution in [0.1, 0.15) is 28.9 Å². The summed E-state index contributed by atoms with van der Waals surface area (Å²) >= 11 is 6.11. The molecule has 0 aliphatic heterocycles. The number of hydrogen-bond donors (Lipinski definition) is 0. The summed E-state index contributed by atoms with van der Waals surface area (Å²) in [7, 11) is 0. The summed E-state index contributed by atoms with van der Waals surface area (Å²) < 4.78 is 0. The Morgan fingerprint density at radius 3 is 3.00 bits per heavy atom. The fourth-order valence-electron chi connectivity index (χ4n) is 2.19. The molecule has 2 nitrogen and oxygen atoms in total. The quantitative estimate of drug-likeness (QED) is 0.696. The number of halogens is 1. The largest absolute Gasteiger partial charge is 0.292 e. The summed E-state index contributed by atoms with van der Waals surface area (Å²) in [6.45, 7) is 0. The predicted molar refractivity (Wildman–Crippen MR) is 64.0 cm³/mol. The Morgan fingerprint density at radius 1 is 1.25 bits per heavy atom. The molecule has 1 heterocycles. The van der Waals surface area contributed by atoms with Gasteiger partial charge in [-0.15, -0.1) is 0 Å². The number of aryl methyl sites for hydroxylation is 1. The van der Waals surface area contributed by atoms with E-state index in [0.717, 1.165) is 29.3 Å². The van der Waals surface area contributed by atoms with E-state index in [4.69, 9.17) is 11.6 Å². The second-order valence-corrected chi connectivity index (χ2v) is 4.49. The monoisotopic (exact) mass is 231 g/mol. The Kier molecular flexibility index (Phi) is 2.18. The van der Waals surface area contributed by atoms with Crippen LogP contribution >= 0.6 is 11.6 Å². The fourth-order valence-corrected chi connectivity index (χ4v) is 2.41. The first-order chi connectivity index (χ1) is 7.75. The van der Waals surface area contributed by atoms with Crippen molar-refractivity contribution in [2.45, 2.75) is 19.3 Å². The highest BCUT2D eigenvalue weighted by Gasteiger charge is 2.19. The summed E-state index contributed by atoms with van der Waals surface area (Å²) in [5.41, 5.74) is 2.49. The highest BCUT2D eigenvalue weighted by molar-refractivity contribution is 6.35. The van der Waals surface area contributed by atoms with E-state index in [0.29, 0.717) is 17.1 Å². The van der Waals surface area contributed by atoms with E-state index in [-0.39, 0.29) is 5.78 Å². The topological polar surface area (TPSA) is 30.0 Å². The Bertz CT molecular complexity index is 592. The van der Waals surface area contributed by atoms with Gasteiger partial charge in [0.25, 0.3) is 0 Å². The third-order valence-corrected chi connectivity index (χ3v) is 3.33. The van der Waals surface area contributed by atoms with Crippen LogP contribution in [0.15, 0.2) is 24.3 Å². The number of hydrogen-bond acceptors (Lipinski definition) is 2. The number of aromatic nitrogens is 1. The maximum atomic E-state index is 11.7. The van der Waals surface area contributed by atoms with Crippen molar-refractivity contribution in [1.82, 2.24) is 4.98 Å². The summed E-state index contributed by atoms with van der Waals surface area (Å²) in [4.78, 5) is 16.1. The van der Waals surface area contributed by atoms with Gasteiger partial charge in [-0.2, -0.15) is 0 Å². The summed E-state index contributed by atoms with van der Waals surface area (Å²) in [6, 6.07) is 7.61. The van der Waals surface area contributed by atoms with Gasteiger partial charge in [0.05, 0.1) is 5.52 Å². The van der Waals surface area contributed by atoms with Crippen LogP contribution in [-0.2, 0) is 6.42 Å². The van der Waals surface area contributed by atoms with Crippen LogP contribution in [-0.4, -0.2) is 10.8 Å². The molecule has 1 aliphatic rings. The minimum absolute atomic E-state index is 0.156. The molecule has 1 aromatic heterocycles. The highest BCUT2D eigenvalue weighted by atomic mass is 35.5. The average molecular weight is 232 g/mol. The lowest BCUT2D eigenvalue weighted by molar-refractivity contribution is 0.0967. The number of ketones is 1. The van der Waals surface area contributed by atoms with Crippen LogP contribution in [0.5, 0.6) is 0 Å². The molecule has 0 saturated heterocycles. The van der Waals surface area contributed by atoms with Gasteiger partial charge in [-0.05, 0) is 36.6 Å². The molecule has 3 rings (SSSR count). The molecular formula is C13H10ClNO. The second kappa shape index (κ2) is 3.56. The zero-order valence-corrected chi connectivity index (χ0v) is 9.42. The number of Topliss-reactive ketones (excluding diaryl/α,β-unsaturated/α-hetero) is 1. The van der Waals surface area contributed by atoms with Crippen molar-refractivity contribution in [2.24, 2.45) is 0 Å². The normalized spacial score (nSPS) is 15.2. The molecule has 16 heavy (non-hydrogen) atoms. The van der Waals surface area contributed by atoms with E-state index in [9.17, 15) is 4.79 Å². The lowest BCUT2D eigenvalue weighted by Gasteiger charge is -2.14. The molecule has 0 spiro atoms. The molecular weight excluding hydrogens is 222 g/mol. The van der Waals surface area contributed by atoms with Gasteiger partial charge in [0.2, 0.25) is 0 Å². The van der Waals surface area contributed by atoms with E-state index in [1.54, 1.807) is 0 Å². The molecule has 2 aromatic rings. The molecule has 0 bridgehead atoms. The Morgan fingerprint density at radius 2 is 2.12 bits per heavy atom. The van der Waals surface area contributed by atoms with E-state index in [2.05, 4.69) is 4.98 Å². The van der Waals surface area contributed by atoms with Crippen molar-refractivity contribution in [3.05, 3.63) is 40.5 Å². The van der Waals surface area contributed by atoms with E-state index in [1.807, 2.05) is 24.3 Å². The average Bonchev–Trinajstić information content (AvgIpc) is 2.29. The SMILES string of the molecule is O=C1CCCc2cc3c(Cl)cccc3nc21. The van der Waals surface area contributed by atoms with Crippen molar-refractivity contribution in [3.8, 4) is 0 Å². The van der Waals surface area contributed by atoms with Gasteiger partial charge in [-0.3, -0.25) is 4.79 Å². The molecule has 0 amide bonds. The minimum Gasteiger partial charge on any atom is -0.292 e. The number of rotatable bonds is 0. The van der Waals surface area contributed by atoms with Crippen LogP contribution in [0.4, 0.5) is 0 Å². The molecule has 0 N–H and O–H groups in total. The van der Waals surface area contributed by atoms with Crippen LogP contribution in [0.25, 0.3) is 10.9 Å². The van der Waals surface area contributed by atoms with Crippen LogP contribution in [0.3, 0.4) is 0 Å². The van der Waals surface area contributed by atoms with Crippen LogP contribution in [0, 0.1) is 0 Å². The van der Waals surface area contributed by atoms with Crippen molar-refractivity contribution >= 4 is 28.3 Å². The van der Waals surface area contributed by atoms with Gasteiger partial charge >= 0.3 is 0 Å². The summed E-state index contributed by atoms with van der Waals surface area (Å²) in [5, 5.41) is 1.64. The summed E-state index contributed by atoms with van der Waals surface area (Å²) in [6.07, 6.45) is 2.46. The molecule has 1 aliphatic carbocycles. The number of fused-ring (bicyclic) bond motifs is 2. The molecule has 0 atom stereocenters. The number of nitrogens with zero attached hydrogens (tertiary/aromatic N) is 1. The smallest absolute Gasteiger partial charge is 0.181 e. The van der Waals surface area contributed by atoms with E-state index < -0.39 is 0 Å². The van der Waals surface area contributed by atoms with Gasteiger partial charge in [0.15, 0.2) is 5.78 Å². The van der Waals surface area contributed by atoms with Crippen LogP contribution in [0.2, 0.25) is 5.02 Å². The van der Waals surface area contributed by atoms with Gasteiger partial charge in [-0.25, -0.2) is 4.98 Å². The van der Waals surface area contributed by atoms with Crippen molar-refractivity contribution < 1.29 is 4.79 Å². The van der Waals surface area contributed by atoms with Gasteiger partial charge in [0, 0.05) is 16.8 Å². The number of carbonyl (C=O) groups is 1. The van der Waals surface area contributed by atoms with Gasteiger partial charge < -0.3 is 0 Å². The maximum Gasteiger partial charge on any atom is 0.181 e.